The molecule has 2 N–H and O–H groups in total. The van der Waals surface area contributed by atoms with Crippen molar-refractivity contribution in [1.82, 2.24) is 19.5 Å². The van der Waals surface area contributed by atoms with Gasteiger partial charge in [0.05, 0.1) is 29.0 Å². The molecule has 1 aliphatic heterocycles. The van der Waals surface area contributed by atoms with Crippen LogP contribution in [-0.4, -0.2) is 30.7 Å². The number of hydrogen-bond donors (Lipinski definition) is 2. The molecule has 0 saturated heterocycles. The zero-order valence-corrected chi connectivity index (χ0v) is 15.3. The number of fused-ring (bicyclic) bond motifs is 1. The van der Waals surface area contributed by atoms with Crippen LogP contribution in [0.15, 0.2) is 42.8 Å². The van der Waals surface area contributed by atoms with Gasteiger partial charge in [-0.1, -0.05) is 0 Å². The van der Waals surface area contributed by atoms with Gasteiger partial charge in [0.15, 0.2) is 0 Å². The molecule has 1 saturated carbocycles. The smallest absolute Gasteiger partial charge is 0.223 e. The van der Waals surface area contributed by atoms with Crippen molar-refractivity contribution in [2.24, 2.45) is 0 Å². The third-order valence-corrected chi connectivity index (χ3v) is 5.44. The summed E-state index contributed by atoms with van der Waals surface area (Å²) in [5.41, 5.74) is 3.82. The van der Waals surface area contributed by atoms with E-state index >= 15 is 0 Å². The van der Waals surface area contributed by atoms with Crippen molar-refractivity contribution in [3.63, 3.8) is 0 Å². The van der Waals surface area contributed by atoms with E-state index in [0.29, 0.717) is 18.4 Å². The highest BCUT2D eigenvalue weighted by molar-refractivity contribution is 5.81. The highest BCUT2D eigenvalue weighted by Gasteiger charge is 2.28. The fourth-order valence-corrected chi connectivity index (χ4v) is 3.76. The minimum absolute atomic E-state index is 0.290. The number of aromatic nitrogens is 4. The van der Waals surface area contributed by atoms with Crippen LogP contribution < -0.4 is 5.32 Å². The van der Waals surface area contributed by atoms with E-state index in [0.717, 1.165) is 59.7 Å². The third-order valence-electron chi connectivity index (χ3n) is 5.44. The molecule has 0 unspecified atom stereocenters. The lowest BCUT2D eigenvalue weighted by Crippen LogP contribution is -2.28. The summed E-state index contributed by atoms with van der Waals surface area (Å²) in [4.78, 5) is 13.9. The van der Waals surface area contributed by atoms with Crippen LogP contribution in [0, 0.1) is 5.82 Å². The van der Waals surface area contributed by atoms with Crippen molar-refractivity contribution in [3.05, 3.63) is 54.4 Å². The molecule has 1 fully saturated rings. The van der Waals surface area contributed by atoms with Gasteiger partial charge in [-0.05, 0) is 56.0 Å². The van der Waals surface area contributed by atoms with Crippen molar-refractivity contribution >= 4 is 11.6 Å². The average molecular weight is 377 g/mol. The first-order valence-corrected chi connectivity index (χ1v) is 9.54. The van der Waals surface area contributed by atoms with E-state index in [1.54, 1.807) is 18.3 Å². The minimum atomic E-state index is -0.290. The number of benzene rings is 1. The first-order chi connectivity index (χ1) is 13.7. The first-order valence-electron chi connectivity index (χ1n) is 9.54. The number of nitrogens with one attached hydrogen (secondary N) is 1. The maximum absolute atomic E-state index is 13.4. The maximum Gasteiger partial charge on any atom is 0.223 e. The third kappa shape index (κ3) is 2.83. The highest BCUT2D eigenvalue weighted by Crippen LogP contribution is 2.38. The second-order valence-electron chi connectivity index (χ2n) is 7.23. The molecule has 0 amide bonds. The van der Waals surface area contributed by atoms with Gasteiger partial charge in [0.1, 0.15) is 11.6 Å². The number of halogens is 1. The second-order valence-corrected chi connectivity index (χ2v) is 7.23. The Morgan fingerprint density at radius 1 is 1.11 bits per heavy atom. The van der Waals surface area contributed by atoms with E-state index in [-0.39, 0.29) is 5.82 Å². The number of aliphatic hydroxyl groups is 1. The molecule has 3 aromatic rings. The molecule has 0 atom stereocenters. The van der Waals surface area contributed by atoms with Gasteiger partial charge in [-0.3, -0.25) is 4.57 Å². The van der Waals surface area contributed by atoms with Crippen LogP contribution in [-0.2, 0) is 6.42 Å². The summed E-state index contributed by atoms with van der Waals surface area (Å²) < 4.78 is 15.4. The zero-order chi connectivity index (χ0) is 19.1. The van der Waals surface area contributed by atoms with Crippen molar-refractivity contribution in [2.75, 3.05) is 5.32 Å². The topological polar surface area (TPSA) is 75.9 Å². The molecule has 6 nitrogen and oxygen atoms in total. The van der Waals surface area contributed by atoms with Gasteiger partial charge in [0, 0.05) is 24.2 Å². The SMILES string of the molecule is O/C=C1\CCc2nc(-c3ccc(F)cc3)c(-c3ccnc(NC4CCC4)n3)n21. The number of aryl methyl sites for hydroxylation is 1. The van der Waals surface area contributed by atoms with Crippen molar-refractivity contribution in [1.29, 1.82) is 0 Å². The first kappa shape index (κ1) is 16.9. The standard InChI is InChI=1S/C21H20FN5O/c22-14-6-4-13(5-7-14)19-20(27-16(12-28)8-9-18(27)26-19)17-10-11-23-21(25-17)24-15-2-1-3-15/h4-7,10-12,15,28H,1-3,8-9H2,(H,23,24,25)/b16-12+. The summed E-state index contributed by atoms with van der Waals surface area (Å²) in [6.07, 6.45) is 7.81. The number of imidazole rings is 1. The predicted molar refractivity (Wildman–Crippen MR) is 105 cm³/mol. The molecular weight excluding hydrogens is 357 g/mol. The van der Waals surface area contributed by atoms with Crippen LogP contribution in [0.2, 0.25) is 0 Å². The van der Waals surface area contributed by atoms with E-state index in [4.69, 9.17) is 9.97 Å². The highest BCUT2D eigenvalue weighted by atomic mass is 19.1. The molecule has 0 bridgehead atoms. The molecule has 1 aromatic carbocycles. The molecule has 1 aliphatic carbocycles. The fraction of sp³-hybridized carbons (Fsp3) is 0.286. The second kappa shape index (κ2) is 6.74. The fourth-order valence-electron chi connectivity index (χ4n) is 3.76. The molecular formula is C21H20FN5O. The number of anilines is 1. The number of allylic oxidation sites excluding steroid dienone is 1. The Morgan fingerprint density at radius 3 is 2.64 bits per heavy atom. The molecule has 5 rings (SSSR count). The summed E-state index contributed by atoms with van der Waals surface area (Å²) in [6.45, 7) is 0. The van der Waals surface area contributed by atoms with Crippen LogP contribution in [0.4, 0.5) is 10.3 Å². The number of hydrogen-bond acceptors (Lipinski definition) is 5. The van der Waals surface area contributed by atoms with E-state index in [1.165, 1.54) is 18.6 Å². The molecule has 2 aromatic heterocycles. The molecule has 7 heteroatoms. The van der Waals surface area contributed by atoms with Crippen LogP contribution in [0.25, 0.3) is 28.3 Å². The molecule has 0 radical (unpaired) electrons. The normalized spacial score (nSPS) is 17.5. The largest absolute Gasteiger partial charge is 0.514 e. The molecule has 2 aliphatic rings. The van der Waals surface area contributed by atoms with Gasteiger partial charge in [-0.2, -0.15) is 0 Å². The summed E-state index contributed by atoms with van der Waals surface area (Å²) >= 11 is 0. The Morgan fingerprint density at radius 2 is 1.93 bits per heavy atom. The van der Waals surface area contributed by atoms with Gasteiger partial charge in [0.2, 0.25) is 5.95 Å². The van der Waals surface area contributed by atoms with Crippen LogP contribution in [0.5, 0.6) is 0 Å². The van der Waals surface area contributed by atoms with Gasteiger partial charge >= 0.3 is 0 Å². The van der Waals surface area contributed by atoms with Crippen molar-refractivity contribution in [2.45, 2.75) is 38.1 Å². The molecule has 3 heterocycles. The minimum Gasteiger partial charge on any atom is -0.514 e. The Hall–Kier alpha value is -3.22. The van der Waals surface area contributed by atoms with Gasteiger partial charge in [0.25, 0.3) is 0 Å². The van der Waals surface area contributed by atoms with E-state index in [9.17, 15) is 9.50 Å². The molecule has 28 heavy (non-hydrogen) atoms. The van der Waals surface area contributed by atoms with E-state index in [1.807, 2.05) is 10.6 Å². The lowest BCUT2D eigenvalue weighted by Gasteiger charge is -2.26. The van der Waals surface area contributed by atoms with Gasteiger partial charge in [-0.15, -0.1) is 0 Å². The summed E-state index contributed by atoms with van der Waals surface area (Å²) in [6, 6.07) is 8.56. The van der Waals surface area contributed by atoms with Crippen LogP contribution in [0.3, 0.4) is 0 Å². The zero-order valence-electron chi connectivity index (χ0n) is 15.3. The van der Waals surface area contributed by atoms with E-state index in [2.05, 4.69) is 10.3 Å². The Bertz CT molecular complexity index is 1050. The monoisotopic (exact) mass is 377 g/mol. The van der Waals surface area contributed by atoms with Crippen LogP contribution in [0.1, 0.15) is 31.5 Å². The quantitative estimate of drug-likeness (QED) is 0.659. The van der Waals surface area contributed by atoms with Crippen molar-refractivity contribution in [3.8, 4) is 22.6 Å². The maximum atomic E-state index is 13.4. The van der Waals surface area contributed by atoms with Gasteiger partial charge in [-0.25, -0.2) is 19.3 Å². The average Bonchev–Trinajstić information content (AvgIpc) is 3.24. The Labute approximate surface area is 161 Å². The molecule has 142 valence electrons. The Balaban J connectivity index is 1.65. The van der Waals surface area contributed by atoms with Crippen molar-refractivity contribution < 1.29 is 9.50 Å². The lowest BCUT2D eigenvalue weighted by atomic mass is 9.93. The molecule has 0 spiro atoms. The van der Waals surface area contributed by atoms with Crippen LogP contribution >= 0.6 is 0 Å². The van der Waals surface area contributed by atoms with E-state index < -0.39 is 0 Å². The van der Waals surface area contributed by atoms with Gasteiger partial charge < -0.3 is 10.4 Å². The predicted octanol–water partition coefficient (Wildman–Crippen LogP) is 4.41. The number of nitrogens with zero attached hydrogens (tertiary/aromatic N) is 4. The summed E-state index contributed by atoms with van der Waals surface area (Å²) in [7, 11) is 0. The summed E-state index contributed by atoms with van der Waals surface area (Å²) in [5.74, 6) is 1.17. The summed E-state index contributed by atoms with van der Waals surface area (Å²) in [5, 5.41) is 13.1. The number of rotatable bonds is 4. The Kier molecular flexibility index (Phi) is 4.07. The lowest BCUT2D eigenvalue weighted by molar-refractivity contribution is 0.443. The number of aliphatic hydroxyl groups excluding tert-OH is 1.